The number of rotatable bonds is 2. The van der Waals surface area contributed by atoms with E-state index in [0.29, 0.717) is 36.7 Å². The molecule has 0 unspecified atom stereocenters. The highest BCUT2D eigenvalue weighted by molar-refractivity contribution is 5.72. The smallest absolute Gasteiger partial charge is 0.309 e. The van der Waals surface area contributed by atoms with Crippen molar-refractivity contribution < 1.29 is 29.6 Å². The third kappa shape index (κ3) is 8.77. The molecule has 9 atom stereocenters. The van der Waals surface area contributed by atoms with Crippen LogP contribution in [0.3, 0.4) is 0 Å². The van der Waals surface area contributed by atoms with Gasteiger partial charge in [-0.15, -0.1) is 0 Å². The molecule has 1 aliphatic heterocycles. The number of esters is 1. The monoisotopic (exact) mass is 489 g/mol. The van der Waals surface area contributed by atoms with Crippen LogP contribution in [0.1, 0.15) is 79.1 Å². The highest BCUT2D eigenvalue weighted by atomic mass is 16.5. The van der Waals surface area contributed by atoms with E-state index in [-0.39, 0.29) is 24.2 Å². The van der Waals surface area contributed by atoms with Gasteiger partial charge in [0.15, 0.2) is 0 Å². The summed E-state index contributed by atoms with van der Waals surface area (Å²) < 4.78 is 5.73. The van der Waals surface area contributed by atoms with Gasteiger partial charge in [-0.1, -0.05) is 46.3 Å². The van der Waals surface area contributed by atoms with Gasteiger partial charge in [-0.2, -0.15) is 5.26 Å². The predicted octanol–water partition coefficient (Wildman–Crippen LogP) is 4.64. The number of carboxylic acid groups (broad SMARTS) is 1. The van der Waals surface area contributed by atoms with E-state index in [9.17, 15) is 30.2 Å². The number of hydrogen-bond donors (Lipinski definition) is 3. The van der Waals surface area contributed by atoms with Crippen LogP contribution in [-0.4, -0.2) is 45.6 Å². The van der Waals surface area contributed by atoms with Gasteiger partial charge in [-0.3, -0.25) is 9.59 Å². The lowest BCUT2D eigenvalue weighted by molar-refractivity contribution is -0.156. The van der Waals surface area contributed by atoms with Crippen molar-refractivity contribution in [2.75, 3.05) is 0 Å². The van der Waals surface area contributed by atoms with Gasteiger partial charge in [0, 0.05) is 5.92 Å². The molecule has 0 amide bonds. The van der Waals surface area contributed by atoms with Gasteiger partial charge in [-0.25, -0.2) is 0 Å². The van der Waals surface area contributed by atoms with Gasteiger partial charge in [0.25, 0.3) is 0 Å². The summed E-state index contributed by atoms with van der Waals surface area (Å²) in [4.78, 5) is 24.5. The summed E-state index contributed by atoms with van der Waals surface area (Å²) in [5.74, 6) is -1.84. The van der Waals surface area contributed by atoms with Crippen molar-refractivity contribution in [2.45, 2.75) is 97.4 Å². The maximum absolute atomic E-state index is 12.7. The first-order valence-corrected chi connectivity index (χ1v) is 13.1. The number of aliphatic hydroxyl groups is 2. The van der Waals surface area contributed by atoms with E-state index in [1.54, 1.807) is 18.2 Å². The van der Waals surface area contributed by atoms with E-state index in [2.05, 4.69) is 19.9 Å². The van der Waals surface area contributed by atoms with Gasteiger partial charge >= 0.3 is 11.9 Å². The maximum Gasteiger partial charge on any atom is 0.309 e. The zero-order valence-electron chi connectivity index (χ0n) is 21.6. The van der Waals surface area contributed by atoms with Gasteiger partial charge in [-0.05, 0) is 68.3 Å². The first kappa shape index (κ1) is 29.1. The molecule has 0 aromatic rings. The zero-order chi connectivity index (χ0) is 26.1. The molecule has 0 bridgehead atoms. The number of carboxylic acids is 1. The summed E-state index contributed by atoms with van der Waals surface area (Å²) in [6.45, 7) is 8.16. The summed E-state index contributed by atoms with van der Waals surface area (Å²) >= 11 is 0. The van der Waals surface area contributed by atoms with Crippen LogP contribution in [0.5, 0.6) is 0 Å². The maximum atomic E-state index is 12.7. The van der Waals surface area contributed by atoms with Crippen LogP contribution < -0.4 is 0 Å². The fourth-order valence-electron chi connectivity index (χ4n) is 5.91. The van der Waals surface area contributed by atoms with Crippen molar-refractivity contribution in [3.63, 3.8) is 0 Å². The van der Waals surface area contributed by atoms with Crippen LogP contribution in [0.2, 0.25) is 0 Å². The predicted molar refractivity (Wildman–Crippen MR) is 133 cm³/mol. The number of carbonyl (C=O) groups excluding carboxylic acids is 1. The fourth-order valence-corrected chi connectivity index (χ4v) is 5.91. The minimum atomic E-state index is -0.892. The van der Waals surface area contributed by atoms with Gasteiger partial charge in [0.1, 0.15) is 6.10 Å². The lowest BCUT2D eigenvalue weighted by atomic mass is 9.82. The minimum absolute atomic E-state index is 0.0718. The number of cyclic esters (lactones) is 1. The van der Waals surface area contributed by atoms with Crippen LogP contribution in [0.25, 0.3) is 0 Å². The average molecular weight is 490 g/mol. The number of allylic oxidation sites excluding steroid dienone is 2. The molecule has 196 valence electrons. The second kappa shape index (κ2) is 13.8. The lowest BCUT2D eigenvalue weighted by Crippen LogP contribution is -2.33. The molecule has 7 nitrogen and oxygen atoms in total. The van der Waals surface area contributed by atoms with Crippen LogP contribution in [0.15, 0.2) is 23.8 Å². The Kier molecular flexibility index (Phi) is 11.5. The molecule has 0 aromatic heterocycles. The Hall–Kier alpha value is -2.17. The highest BCUT2D eigenvalue weighted by Gasteiger charge is 2.39. The summed E-state index contributed by atoms with van der Waals surface area (Å²) in [6, 6.07) is 2.12. The molecule has 1 aliphatic carbocycles. The molecule has 1 saturated carbocycles. The molecule has 1 fully saturated rings. The van der Waals surface area contributed by atoms with Crippen molar-refractivity contribution >= 4 is 11.9 Å². The molecule has 0 radical (unpaired) electrons. The standard InChI is InChI=1S/C28H43NO6/c1-17-12-18(2)14-20(4)27(32)21(16-29)8-5-6-11-25(22-9-7-10-23(22)28(33)34)35-26(31)15-24(30)19(3)13-17/h6,8,11,17-20,22-25,27,30,32H,5,7,9-10,12-15H2,1-4H3,(H,33,34)/b11-6+,21-8+/t17-,18+,19-,20-,22+,23+,24-,25-,27+/m0/s1. The summed E-state index contributed by atoms with van der Waals surface area (Å²) in [5.41, 5.74) is 0.318. The Labute approximate surface area is 209 Å². The Bertz CT molecular complexity index is 815. The molecule has 2 rings (SSSR count). The molecular formula is C28H43NO6. The normalized spacial score (nSPS) is 40.9. The van der Waals surface area contributed by atoms with Crippen LogP contribution in [-0.2, 0) is 14.3 Å². The Morgan fingerprint density at radius 3 is 2.34 bits per heavy atom. The first-order chi connectivity index (χ1) is 16.5. The Balaban J connectivity index is 2.30. The second-order valence-electron chi connectivity index (χ2n) is 11.0. The Morgan fingerprint density at radius 1 is 1.06 bits per heavy atom. The average Bonchev–Trinajstić information content (AvgIpc) is 3.27. The second-order valence-corrected chi connectivity index (χ2v) is 11.0. The quantitative estimate of drug-likeness (QED) is 0.381. The van der Waals surface area contributed by atoms with E-state index >= 15 is 0 Å². The minimum Gasteiger partial charge on any atom is -0.481 e. The number of hydrogen-bond acceptors (Lipinski definition) is 6. The first-order valence-electron chi connectivity index (χ1n) is 13.1. The summed E-state index contributed by atoms with van der Waals surface area (Å²) in [7, 11) is 0. The Morgan fingerprint density at radius 2 is 1.71 bits per heavy atom. The fraction of sp³-hybridized carbons (Fsp3) is 0.750. The molecular weight excluding hydrogens is 446 g/mol. The van der Waals surface area contributed by atoms with E-state index in [4.69, 9.17) is 4.74 Å². The largest absolute Gasteiger partial charge is 0.481 e. The third-order valence-corrected chi connectivity index (χ3v) is 7.75. The van der Waals surface area contributed by atoms with Crippen molar-refractivity contribution in [3.8, 4) is 6.07 Å². The molecule has 3 N–H and O–H groups in total. The van der Waals surface area contributed by atoms with Crippen molar-refractivity contribution in [1.82, 2.24) is 0 Å². The topological polar surface area (TPSA) is 128 Å². The molecule has 0 spiro atoms. The molecule has 0 saturated heterocycles. The zero-order valence-corrected chi connectivity index (χ0v) is 21.6. The number of aliphatic hydroxyl groups excluding tert-OH is 2. The summed E-state index contributed by atoms with van der Waals surface area (Å²) in [6.07, 6.45) is 7.38. The van der Waals surface area contributed by atoms with Crippen LogP contribution in [0, 0.1) is 46.8 Å². The van der Waals surface area contributed by atoms with Gasteiger partial charge < -0.3 is 20.1 Å². The summed E-state index contributed by atoms with van der Waals surface area (Å²) in [5, 5.41) is 40.6. The molecule has 1 heterocycles. The number of nitriles is 1. The molecule has 7 heteroatoms. The lowest BCUT2D eigenvalue weighted by Gasteiger charge is -2.28. The van der Waals surface area contributed by atoms with E-state index < -0.39 is 36.2 Å². The number of nitrogens with zero attached hydrogens (tertiary/aromatic N) is 1. The van der Waals surface area contributed by atoms with E-state index in [0.717, 1.165) is 25.7 Å². The van der Waals surface area contributed by atoms with Crippen molar-refractivity contribution in [2.24, 2.45) is 35.5 Å². The van der Waals surface area contributed by atoms with E-state index in [1.807, 2.05) is 13.8 Å². The molecule has 2 aliphatic rings. The van der Waals surface area contributed by atoms with E-state index in [1.165, 1.54) is 0 Å². The highest BCUT2D eigenvalue weighted by Crippen LogP contribution is 2.36. The number of carbonyl (C=O) groups is 2. The van der Waals surface area contributed by atoms with Crippen molar-refractivity contribution in [1.29, 1.82) is 5.26 Å². The molecule has 0 aromatic carbocycles. The van der Waals surface area contributed by atoms with Crippen LogP contribution in [0.4, 0.5) is 0 Å². The van der Waals surface area contributed by atoms with Gasteiger partial charge in [0.05, 0.1) is 36.2 Å². The van der Waals surface area contributed by atoms with Gasteiger partial charge in [0.2, 0.25) is 0 Å². The number of ether oxygens (including phenoxy) is 1. The SMILES string of the molecule is C[C@@H]1C[C@H](C)C[C@H](C)[C@@H](O)CC(=O)O[C@H]([C@@H]2CCC[C@H]2C(=O)O)/C=C/C/C=C(\C#N)[C@H](O)[C@@H](C)C1. The van der Waals surface area contributed by atoms with Crippen LogP contribution >= 0.6 is 0 Å². The van der Waals surface area contributed by atoms with Crippen molar-refractivity contribution in [3.05, 3.63) is 23.8 Å². The molecule has 35 heavy (non-hydrogen) atoms. The third-order valence-electron chi connectivity index (χ3n) is 7.75. The number of aliphatic carboxylic acids is 1.